The van der Waals surface area contributed by atoms with Crippen LogP contribution in [0.15, 0.2) is 120 Å². The predicted molar refractivity (Wildman–Crippen MR) is 159 cm³/mol. The molecule has 0 aromatic heterocycles. The molecule has 1 aliphatic carbocycles. The second-order valence-corrected chi connectivity index (χ2v) is 9.38. The topological polar surface area (TPSA) is 50.3 Å². The summed E-state index contributed by atoms with van der Waals surface area (Å²) >= 11 is 0. The largest absolute Gasteiger partial charge is 0.412 e. The third-order valence-corrected chi connectivity index (χ3v) is 6.52. The number of para-hydroxylation sites is 1. The first-order valence-corrected chi connectivity index (χ1v) is 12.2. The standard InChI is InChI=1S/C33H31N3.H2O/c1-35(2)27-18-14-24(15-19-27)33(25-16-20-28(21-17-25)36(3)4)31-22-23-32(30-13-9-8-12-29(30)31)34-26-10-6-5-7-11-26;/h5-23H,1-4H3;1H2. The minimum atomic E-state index is 0. The summed E-state index contributed by atoms with van der Waals surface area (Å²) in [6.45, 7) is 0. The van der Waals surface area contributed by atoms with Crippen molar-refractivity contribution in [1.29, 1.82) is 0 Å². The Hall–Kier alpha value is -4.41. The number of nitrogens with zero attached hydrogens (tertiary/aromatic N) is 3. The Morgan fingerprint density at radius 1 is 0.541 bits per heavy atom. The van der Waals surface area contributed by atoms with E-state index in [1.807, 2.05) is 30.3 Å². The van der Waals surface area contributed by atoms with E-state index >= 15 is 0 Å². The number of hydrogen-bond acceptors (Lipinski definition) is 3. The molecule has 0 spiro atoms. The van der Waals surface area contributed by atoms with Gasteiger partial charge in [-0.2, -0.15) is 0 Å². The zero-order chi connectivity index (χ0) is 25.1. The molecule has 0 fully saturated rings. The summed E-state index contributed by atoms with van der Waals surface area (Å²) in [4.78, 5) is 9.22. The third kappa shape index (κ3) is 5.40. The van der Waals surface area contributed by atoms with E-state index in [2.05, 4.69) is 123 Å². The van der Waals surface area contributed by atoms with Gasteiger partial charge >= 0.3 is 0 Å². The molecule has 4 aromatic rings. The maximum Gasteiger partial charge on any atom is 0.0715 e. The molecule has 186 valence electrons. The van der Waals surface area contributed by atoms with Crippen LogP contribution in [0.3, 0.4) is 0 Å². The lowest BCUT2D eigenvalue weighted by atomic mass is 9.83. The van der Waals surface area contributed by atoms with E-state index in [9.17, 15) is 0 Å². The lowest BCUT2D eigenvalue weighted by molar-refractivity contribution is 0.824. The van der Waals surface area contributed by atoms with Crippen LogP contribution in [-0.2, 0) is 0 Å². The fraction of sp³-hybridized carbons (Fsp3) is 0.121. The maximum absolute atomic E-state index is 4.96. The molecule has 0 atom stereocenters. The highest BCUT2D eigenvalue weighted by Gasteiger charge is 2.20. The minimum Gasteiger partial charge on any atom is -0.412 e. The predicted octanol–water partition coefficient (Wildman–Crippen LogP) is 6.64. The number of anilines is 2. The van der Waals surface area contributed by atoms with Gasteiger partial charge in [-0.3, -0.25) is 0 Å². The van der Waals surface area contributed by atoms with Gasteiger partial charge in [-0.15, -0.1) is 0 Å². The molecular formula is C33H33N3O. The summed E-state index contributed by atoms with van der Waals surface area (Å²) in [5.74, 6) is 0. The molecule has 37 heavy (non-hydrogen) atoms. The van der Waals surface area contributed by atoms with Crippen LogP contribution in [0.1, 0.15) is 22.3 Å². The number of aliphatic imine (C=N–C) groups is 1. The van der Waals surface area contributed by atoms with Crippen LogP contribution >= 0.6 is 0 Å². The second kappa shape index (κ2) is 11.1. The van der Waals surface area contributed by atoms with Crippen molar-refractivity contribution in [3.63, 3.8) is 0 Å². The van der Waals surface area contributed by atoms with E-state index in [-0.39, 0.29) is 5.48 Å². The molecule has 0 saturated heterocycles. The van der Waals surface area contributed by atoms with Gasteiger partial charge in [0.1, 0.15) is 0 Å². The van der Waals surface area contributed by atoms with Gasteiger partial charge in [0.25, 0.3) is 0 Å². The molecule has 4 aromatic carbocycles. The van der Waals surface area contributed by atoms with Crippen LogP contribution in [0.4, 0.5) is 17.1 Å². The van der Waals surface area contributed by atoms with E-state index in [1.165, 1.54) is 39.2 Å². The van der Waals surface area contributed by atoms with Crippen molar-refractivity contribution in [3.8, 4) is 0 Å². The zero-order valence-electron chi connectivity index (χ0n) is 21.8. The quantitative estimate of drug-likeness (QED) is 0.317. The maximum atomic E-state index is 4.96. The minimum absolute atomic E-state index is 0. The molecule has 0 heterocycles. The van der Waals surface area contributed by atoms with Gasteiger partial charge in [0, 0.05) is 45.1 Å². The first-order chi connectivity index (χ1) is 17.5. The molecule has 1 aliphatic rings. The molecule has 0 amide bonds. The summed E-state index contributed by atoms with van der Waals surface area (Å²) < 4.78 is 0. The van der Waals surface area contributed by atoms with Crippen molar-refractivity contribution in [1.82, 2.24) is 0 Å². The Labute approximate surface area is 219 Å². The lowest BCUT2D eigenvalue weighted by Gasteiger charge is -2.22. The van der Waals surface area contributed by atoms with Crippen molar-refractivity contribution in [2.24, 2.45) is 4.99 Å². The Bertz CT molecular complexity index is 1390. The van der Waals surface area contributed by atoms with Crippen molar-refractivity contribution in [2.75, 3.05) is 38.0 Å². The van der Waals surface area contributed by atoms with Crippen LogP contribution in [-0.4, -0.2) is 39.4 Å². The number of benzene rings is 4. The molecule has 2 N–H and O–H groups in total. The van der Waals surface area contributed by atoms with Crippen LogP contribution in [0, 0.1) is 0 Å². The normalized spacial score (nSPS) is 13.1. The smallest absolute Gasteiger partial charge is 0.0715 e. The molecule has 0 bridgehead atoms. The summed E-state index contributed by atoms with van der Waals surface area (Å²) in [5.41, 5.74) is 11.4. The van der Waals surface area contributed by atoms with Gasteiger partial charge in [0.05, 0.1) is 11.4 Å². The average molecular weight is 488 g/mol. The van der Waals surface area contributed by atoms with Crippen LogP contribution < -0.4 is 9.80 Å². The van der Waals surface area contributed by atoms with Crippen LogP contribution in [0.2, 0.25) is 0 Å². The first-order valence-electron chi connectivity index (χ1n) is 12.2. The van der Waals surface area contributed by atoms with Gasteiger partial charge in [-0.25, -0.2) is 4.99 Å². The SMILES string of the molecule is CN(C)c1ccc(C(=C2C=CC(=Nc3ccccc3)c3ccccc32)c2ccc(N(C)C)cc2)cc1.O. The third-order valence-electron chi connectivity index (χ3n) is 6.52. The van der Waals surface area contributed by atoms with E-state index in [0.29, 0.717) is 0 Å². The van der Waals surface area contributed by atoms with Crippen molar-refractivity contribution < 1.29 is 5.48 Å². The number of allylic oxidation sites excluding steroid dienone is 3. The molecule has 4 heteroatoms. The molecule has 5 rings (SSSR count). The van der Waals surface area contributed by atoms with Gasteiger partial charge < -0.3 is 15.3 Å². The Kier molecular flexibility index (Phi) is 7.71. The molecule has 0 aliphatic heterocycles. The molecule has 0 unspecified atom stereocenters. The van der Waals surface area contributed by atoms with Gasteiger partial charge in [0.2, 0.25) is 0 Å². The number of hydrogen-bond donors (Lipinski definition) is 0. The highest BCUT2D eigenvalue weighted by Crippen LogP contribution is 2.38. The van der Waals surface area contributed by atoms with E-state index in [0.717, 1.165) is 17.0 Å². The highest BCUT2D eigenvalue weighted by atomic mass is 16.0. The Morgan fingerprint density at radius 3 is 1.54 bits per heavy atom. The number of fused-ring (bicyclic) bond motifs is 1. The van der Waals surface area contributed by atoms with Crippen LogP contribution in [0.25, 0.3) is 11.1 Å². The number of rotatable bonds is 5. The van der Waals surface area contributed by atoms with E-state index < -0.39 is 0 Å². The average Bonchev–Trinajstić information content (AvgIpc) is 2.91. The molecule has 4 nitrogen and oxygen atoms in total. The first kappa shape index (κ1) is 25.7. The van der Waals surface area contributed by atoms with E-state index in [1.54, 1.807) is 0 Å². The van der Waals surface area contributed by atoms with Crippen molar-refractivity contribution in [2.45, 2.75) is 0 Å². The van der Waals surface area contributed by atoms with Gasteiger partial charge in [0.15, 0.2) is 0 Å². The van der Waals surface area contributed by atoms with Crippen molar-refractivity contribution in [3.05, 3.63) is 138 Å². The van der Waals surface area contributed by atoms with Gasteiger partial charge in [-0.05, 0) is 70.3 Å². The summed E-state index contributed by atoms with van der Waals surface area (Å²) in [6, 6.07) is 36.4. The molecular weight excluding hydrogens is 454 g/mol. The van der Waals surface area contributed by atoms with Crippen molar-refractivity contribution >= 4 is 33.9 Å². The lowest BCUT2D eigenvalue weighted by Crippen LogP contribution is -2.10. The molecule has 0 radical (unpaired) electrons. The highest BCUT2D eigenvalue weighted by molar-refractivity contribution is 6.19. The Morgan fingerprint density at radius 2 is 1.03 bits per heavy atom. The van der Waals surface area contributed by atoms with Crippen LogP contribution in [0.5, 0.6) is 0 Å². The summed E-state index contributed by atoms with van der Waals surface area (Å²) in [7, 11) is 8.29. The summed E-state index contributed by atoms with van der Waals surface area (Å²) in [5, 5.41) is 0. The van der Waals surface area contributed by atoms with Gasteiger partial charge in [-0.1, -0.05) is 72.8 Å². The molecule has 0 saturated carbocycles. The monoisotopic (exact) mass is 487 g/mol. The fourth-order valence-electron chi connectivity index (χ4n) is 4.57. The second-order valence-electron chi connectivity index (χ2n) is 9.38. The fourth-order valence-corrected chi connectivity index (χ4v) is 4.57. The zero-order valence-corrected chi connectivity index (χ0v) is 21.8. The summed E-state index contributed by atoms with van der Waals surface area (Å²) in [6.07, 6.45) is 4.37. The Balaban J connectivity index is 0.00000320. The van der Waals surface area contributed by atoms with E-state index in [4.69, 9.17) is 4.99 Å².